The molecule has 20 heavy (non-hydrogen) atoms. The quantitative estimate of drug-likeness (QED) is 0.929. The fourth-order valence-electron chi connectivity index (χ4n) is 2.70. The molecule has 1 aromatic carbocycles. The number of benzene rings is 1. The van der Waals surface area contributed by atoms with Crippen LogP contribution in [0.2, 0.25) is 0 Å². The van der Waals surface area contributed by atoms with Gasteiger partial charge in [0.05, 0.1) is 4.90 Å². The Morgan fingerprint density at radius 1 is 1.20 bits per heavy atom. The van der Waals surface area contributed by atoms with Gasteiger partial charge in [0.2, 0.25) is 10.0 Å². The number of nitrogens with zero attached hydrogens (tertiary/aromatic N) is 1. The second kappa shape index (κ2) is 6.24. The summed E-state index contributed by atoms with van der Waals surface area (Å²) in [6, 6.07) is 5.69. The number of rotatable bonds is 3. The lowest BCUT2D eigenvalue weighted by Crippen LogP contribution is -2.37. The van der Waals surface area contributed by atoms with E-state index in [2.05, 4.69) is 5.32 Å². The van der Waals surface area contributed by atoms with Crippen LogP contribution in [0.25, 0.3) is 0 Å². The summed E-state index contributed by atoms with van der Waals surface area (Å²) >= 11 is 0. The zero-order valence-corrected chi connectivity index (χ0v) is 13.3. The molecule has 5 heteroatoms. The van der Waals surface area contributed by atoms with E-state index in [4.69, 9.17) is 0 Å². The van der Waals surface area contributed by atoms with E-state index in [1.807, 2.05) is 26.0 Å². The normalized spacial score (nSPS) is 20.9. The van der Waals surface area contributed by atoms with E-state index in [1.165, 1.54) is 0 Å². The second-order valence-electron chi connectivity index (χ2n) is 5.62. The van der Waals surface area contributed by atoms with Gasteiger partial charge in [0.1, 0.15) is 0 Å². The highest BCUT2D eigenvalue weighted by Crippen LogP contribution is 2.24. The van der Waals surface area contributed by atoms with E-state index in [9.17, 15) is 8.42 Å². The average Bonchev–Trinajstić information content (AvgIpc) is 2.69. The Bertz CT molecular complexity index is 561. The van der Waals surface area contributed by atoms with Gasteiger partial charge < -0.3 is 5.32 Å². The van der Waals surface area contributed by atoms with Crippen LogP contribution in [0.4, 0.5) is 0 Å². The Morgan fingerprint density at radius 3 is 2.70 bits per heavy atom. The predicted molar refractivity (Wildman–Crippen MR) is 81.4 cm³/mol. The predicted octanol–water partition coefficient (Wildman–Crippen LogP) is 2.07. The van der Waals surface area contributed by atoms with E-state index in [1.54, 1.807) is 17.4 Å². The van der Waals surface area contributed by atoms with Crippen LogP contribution < -0.4 is 5.32 Å². The summed E-state index contributed by atoms with van der Waals surface area (Å²) in [6.45, 7) is 5.65. The zero-order valence-electron chi connectivity index (χ0n) is 12.5. The summed E-state index contributed by atoms with van der Waals surface area (Å²) in [5.41, 5.74) is 1.79. The maximum Gasteiger partial charge on any atom is 0.243 e. The standard InChI is InChI=1S/C15H24N2O2S/c1-12-6-7-13(2)15(11-12)20(18,19)17(3)14-5-4-9-16-10-8-14/h6-7,11,14,16H,4-5,8-10H2,1-3H3. The minimum absolute atomic E-state index is 0.0925. The highest BCUT2D eigenvalue weighted by atomic mass is 32.2. The molecule has 112 valence electrons. The molecule has 0 aromatic heterocycles. The number of nitrogens with one attached hydrogen (secondary N) is 1. The minimum Gasteiger partial charge on any atom is -0.317 e. The van der Waals surface area contributed by atoms with Crippen LogP contribution in [-0.4, -0.2) is 38.9 Å². The number of hydrogen-bond donors (Lipinski definition) is 1. The molecule has 1 fully saturated rings. The Kier molecular flexibility index (Phi) is 4.83. The summed E-state index contributed by atoms with van der Waals surface area (Å²) in [7, 11) is -1.69. The highest BCUT2D eigenvalue weighted by molar-refractivity contribution is 7.89. The van der Waals surface area contributed by atoms with Gasteiger partial charge in [-0.25, -0.2) is 8.42 Å². The van der Waals surface area contributed by atoms with Crippen LogP contribution in [0.15, 0.2) is 23.1 Å². The zero-order chi connectivity index (χ0) is 14.8. The van der Waals surface area contributed by atoms with Crippen molar-refractivity contribution in [1.29, 1.82) is 0 Å². The van der Waals surface area contributed by atoms with Gasteiger partial charge >= 0.3 is 0 Å². The number of sulfonamides is 1. The molecule has 1 aromatic rings. The average molecular weight is 296 g/mol. The fourth-order valence-corrected chi connectivity index (χ4v) is 4.42. The summed E-state index contributed by atoms with van der Waals surface area (Å²) in [4.78, 5) is 0.442. The molecule has 1 N–H and O–H groups in total. The molecule has 0 amide bonds. The lowest BCUT2D eigenvalue weighted by atomic mass is 10.1. The SMILES string of the molecule is Cc1ccc(C)c(S(=O)(=O)N(C)C2CCCNCC2)c1. The lowest BCUT2D eigenvalue weighted by Gasteiger charge is -2.27. The first kappa shape index (κ1) is 15.5. The summed E-state index contributed by atoms with van der Waals surface area (Å²) in [6.07, 6.45) is 2.82. The van der Waals surface area contributed by atoms with Gasteiger partial charge in [-0.1, -0.05) is 12.1 Å². The van der Waals surface area contributed by atoms with Gasteiger partial charge in [-0.15, -0.1) is 0 Å². The van der Waals surface area contributed by atoms with Gasteiger partial charge in [0, 0.05) is 13.1 Å². The third kappa shape index (κ3) is 3.22. The second-order valence-corrected chi connectivity index (χ2v) is 7.59. The monoisotopic (exact) mass is 296 g/mol. The molecule has 1 saturated heterocycles. The van der Waals surface area contributed by atoms with Gasteiger partial charge in [0.25, 0.3) is 0 Å². The Morgan fingerprint density at radius 2 is 1.95 bits per heavy atom. The number of aryl methyl sites for hydroxylation is 2. The molecule has 0 bridgehead atoms. The molecular weight excluding hydrogens is 272 g/mol. The first-order valence-corrected chi connectivity index (χ1v) is 8.63. The molecule has 0 spiro atoms. The van der Waals surface area contributed by atoms with Crippen LogP contribution >= 0.6 is 0 Å². The van der Waals surface area contributed by atoms with E-state index >= 15 is 0 Å². The van der Waals surface area contributed by atoms with E-state index in [0.29, 0.717) is 4.90 Å². The van der Waals surface area contributed by atoms with E-state index < -0.39 is 10.0 Å². The molecule has 0 aliphatic carbocycles. The Hall–Kier alpha value is -0.910. The topological polar surface area (TPSA) is 49.4 Å². The summed E-state index contributed by atoms with van der Waals surface area (Å²) < 4.78 is 27.2. The highest BCUT2D eigenvalue weighted by Gasteiger charge is 2.29. The molecule has 1 atom stereocenters. The lowest BCUT2D eigenvalue weighted by molar-refractivity contribution is 0.341. The van der Waals surface area contributed by atoms with Crippen molar-refractivity contribution in [3.8, 4) is 0 Å². The van der Waals surface area contributed by atoms with Gasteiger partial charge in [-0.05, 0) is 63.4 Å². The van der Waals surface area contributed by atoms with Crippen LogP contribution in [0, 0.1) is 13.8 Å². The molecule has 1 aliphatic heterocycles. The van der Waals surface area contributed by atoms with Crippen molar-refractivity contribution in [2.24, 2.45) is 0 Å². The van der Waals surface area contributed by atoms with Crippen LogP contribution in [0.5, 0.6) is 0 Å². The summed E-state index contributed by atoms with van der Waals surface area (Å²) in [5, 5.41) is 3.32. The first-order valence-electron chi connectivity index (χ1n) is 7.19. The molecule has 1 unspecified atom stereocenters. The molecule has 1 aliphatic rings. The molecule has 0 radical (unpaired) electrons. The molecule has 4 nitrogen and oxygen atoms in total. The van der Waals surface area contributed by atoms with Crippen molar-refractivity contribution >= 4 is 10.0 Å². The smallest absolute Gasteiger partial charge is 0.243 e. The molecule has 1 heterocycles. The van der Waals surface area contributed by atoms with Crippen molar-refractivity contribution in [2.45, 2.75) is 44.0 Å². The van der Waals surface area contributed by atoms with Crippen molar-refractivity contribution in [3.63, 3.8) is 0 Å². The summed E-state index contributed by atoms with van der Waals surface area (Å²) in [5.74, 6) is 0. The van der Waals surface area contributed by atoms with E-state index in [-0.39, 0.29) is 6.04 Å². The first-order chi connectivity index (χ1) is 9.43. The van der Waals surface area contributed by atoms with Crippen molar-refractivity contribution in [3.05, 3.63) is 29.3 Å². The molecular formula is C15H24N2O2S. The van der Waals surface area contributed by atoms with Crippen molar-refractivity contribution < 1.29 is 8.42 Å². The van der Waals surface area contributed by atoms with Gasteiger partial charge in [-0.3, -0.25) is 0 Å². The third-order valence-corrected chi connectivity index (χ3v) is 6.11. The maximum atomic E-state index is 12.8. The maximum absolute atomic E-state index is 12.8. The molecule has 2 rings (SSSR count). The number of hydrogen-bond acceptors (Lipinski definition) is 3. The van der Waals surface area contributed by atoms with Crippen molar-refractivity contribution in [2.75, 3.05) is 20.1 Å². The third-order valence-electron chi connectivity index (χ3n) is 4.06. The van der Waals surface area contributed by atoms with Crippen LogP contribution in [-0.2, 0) is 10.0 Å². The Balaban J connectivity index is 2.31. The fraction of sp³-hybridized carbons (Fsp3) is 0.600. The van der Waals surface area contributed by atoms with Crippen molar-refractivity contribution in [1.82, 2.24) is 9.62 Å². The van der Waals surface area contributed by atoms with E-state index in [0.717, 1.165) is 43.5 Å². The van der Waals surface area contributed by atoms with Gasteiger partial charge in [-0.2, -0.15) is 4.31 Å². The van der Waals surface area contributed by atoms with Crippen LogP contribution in [0.3, 0.4) is 0 Å². The minimum atomic E-state index is -3.40. The molecule has 0 saturated carbocycles. The van der Waals surface area contributed by atoms with Gasteiger partial charge in [0.15, 0.2) is 0 Å². The largest absolute Gasteiger partial charge is 0.317 e. The Labute approximate surface area is 122 Å². The van der Waals surface area contributed by atoms with Crippen LogP contribution in [0.1, 0.15) is 30.4 Å².